The van der Waals surface area contributed by atoms with Gasteiger partial charge in [0.25, 0.3) is 5.91 Å². The van der Waals surface area contributed by atoms with E-state index in [0.29, 0.717) is 24.6 Å². The Kier molecular flexibility index (Phi) is 5.15. The summed E-state index contributed by atoms with van der Waals surface area (Å²) in [5.41, 5.74) is 0.541. The van der Waals surface area contributed by atoms with Crippen molar-refractivity contribution in [3.05, 3.63) is 23.9 Å². The summed E-state index contributed by atoms with van der Waals surface area (Å²) < 4.78 is 10.4. The Balaban J connectivity index is 1.59. The van der Waals surface area contributed by atoms with Crippen molar-refractivity contribution in [3.63, 3.8) is 0 Å². The number of hydrogen-bond acceptors (Lipinski definition) is 4. The highest BCUT2D eigenvalue weighted by atomic mass is 16.5. The number of methoxy groups -OCH3 is 1. The maximum absolute atomic E-state index is 11.8. The molecule has 1 amide bonds. The molecular formula is C14H20N2O3. The van der Waals surface area contributed by atoms with Crippen LogP contribution in [-0.2, 0) is 4.74 Å². The third kappa shape index (κ3) is 4.87. The molecule has 0 radical (unpaired) electrons. The van der Waals surface area contributed by atoms with Crippen molar-refractivity contribution in [2.24, 2.45) is 5.92 Å². The Labute approximate surface area is 113 Å². The molecule has 5 heteroatoms. The van der Waals surface area contributed by atoms with E-state index < -0.39 is 0 Å². The highest BCUT2D eigenvalue weighted by Gasteiger charge is 2.20. The molecular weight excluding hydrogens is 244 g/mol. The lowest BCUT2D eigenvalue weighted by molar-refractivity contribution is 0.0937. The second kappa shape index (κ2) is 7.09. The number of amides is 1. The molecule has 1 N–H and O–H groups in total. The SMILES string of the molecule is COc1ccc(C(=O)NCCCOCC2CC2)cn1. The summed E-state index contributed by atoms with van der Waals surface area (Å²) in [7, 11) is 1.55. The van der Waals surface area contributed by atoms with Crippen molar-refractivity contribution in [3.8, 4) is 5.88 Å². The van der Waals surface area contributed by atoms with Crippen LogP contribution in [0.25, 0.3) is 0 Å². The van der Waals surface area contributed by atoms with Crippen LogP contribution in [0.1, 0.15) is 29.6 Å². The van der Waals surface area contributed by atoms with Gasteiger partial charge in [0, 0.05) is 32.0 Å². The number of carbonyl (C=O) groups excluding carboxylic acids is 1. The van der Waals surface area contributed by atoms with Gasteiger partial charge in [-0.25, -0.2) is 4.98 Å². The summed E-state index contributed by atoms with van der Waals surface area (Å²) in [5, 5.41) is 2.84. The van der Waals surface area contributed by atoms with E-state index in [1.807, 2.05) is 0 Å². The first-order valence-electron chi connectivity index (χ1n) is 6.65. The maximum Gasteiger partial charge on any atom is 0.252 e. The van der Waals surface area contributed by atoms with Gasteiger partial charge >= 0.3 is 0 Å². The molecule has 1 aromatic rings. The van der Waals surface area contributed by atoms with Crippen LogP contribution in [0.2, 0.25) is 0 Å². The number of aromatic nitrogens is 1. The van der Waals surface area contributed by atoms with Gasteiger partial charge < -0.3 is 14.8 Å². The van der Waals surface area contributed by atoms with Gasteiger partial charge in [-0.1, -0.05) is 0 Å². The minimum Gasteiger partial charge on any atom is -0.481 e. The number of hydrogen-bond donors (Lipinski definition) is 1. The Morgan fingerprint density at radius 2 is 2.32 bits per heavy atom. The summed E-state index contributed by atoms with van der Waals surface area (Å²) in [4.78, 5) is 15.8. The fourth-order valence-electron chi connectivity index (χ4n) is 1.65. The zero-order valence-electron chi connectivity index (χ0n) is 11.2. The molecule has 1 aromatic heterocycles. The number of nitrogens with zero attached hydrogens (tertiary/aromatic N) is 1. The van der Waals surface area contributed by atoms with E-state index in [4.69, 9.17) is 9.47 Å². The first kappa shape index (κ1) is 13.8. The normalized spacial score (nSPS) is 14.2. The molecule has 5 nitrogen and oxygen atoms in total. The van der Waals surface area contributed by atoms with E-state index >= 15 is 0 Å². The van der Waals surface area contributed by atoms with Crippen molar-refractivity contribution in [1.29, 1.82) is 0 Å². The molecule has 1 heterocycles. The molecule has 0 unspecified atom stereocenters. The van der Waals surface area contributed by atoms with Crippen molar-refractivity contribution in [2.75, 3.05) is 26.9 Å². The van der Waals surface area contributed by atoms with Gasteiger partial charge in [-0.05, 0) is 31.2 Å². The topological polar surface area (TPSA) is 60.5 Å². The second-order valence-corrected chi connectivity index (χ2v) is 4.72. The predicted octanol–water partition coefficient (Wildman–Crippen LogP) is 1.64. The number of ether oxygens (including phenoxy) is 2. The molecule has 0 atom stereocenters. The van der Waals surface area contributed by atoms with Crippen LogP contribution in [0, 0.1) is 5.92 Å². The number of carbonyl (C=O) groups is 1. The van der Waals surface area contributed by atoms with Crippen LogP contribution in [0.3, 0.4) is 0 Å². The van der Waals surface area contributed by atoms with Crippen molar-refractivity contribution in [1.82, 2.24) is 10.3 Å². The van der Waals surface area contributed by atoms with Gasteiger partial charge in [0.2, 0.25) is 5.88 Å². The zero-order chi connectivity index (χ0) is 13.5. The van der Waals surface area contributed by atoms with E-state index in [0.717, 1.165) is 18.9 Å². The van der Waals surface area contributed by atoms with E-state index in [2.05, 4.69) is 10.3 Å². The van der Waals surface area contributed by atoms with Crippen LogP contribution in [0.4, 0.5) is 0 Å². The molecule has 0 aliphatic heterocycles. The summed E-state index contributed by atoms with van der Waals surface area (Å²) in [5.74, 6) is 1.18. The maximum atomic E-state index is 11.8. The van der Waals surface area contributed by atoms with Crippen molar-refractivity contribution < 1.29 is 14.3 Å². The second-order valence-electron chi connectivity index (χ2n) is 4.72. The van der Waals surface area contributed by atoms with Gasteiger partial charge in [0.05, 0.1) is 12.7 Å². The lowest BCUT2D eigenvalue weighted by Crippen LogP contribution is -2.25. The minimum absolute atomic E-state index is 0.114. The van der Waals surface area contributed by atoms with Gasteiger partial charge in [-0.3, -0.25) is 4.79 Å². The summed E-state index contributed by atoms with van der Waals surface area (Å²) in [6, 6.07) is 3.37. The Morgan fingerprint density at radius 3 is 2.95 bits per heavy atom. The molecule has 0 bridgehead atoms. The number of rotatable bonds is 8. The monoisotopic (exact) mass is 264 g/mol. The van der Waals surface area contributed by atoms with E-state index in [-0.39, 0.29) is 5.91 Å². The number of nitrogens with one attached hydrogen (secondary N) is 1. The Bertz CT molecular complexity index is 402. The van der Waals surface area contributed by atoms with Crippen LogP contribution < -0.4 is 10.1 Å². The molecule has 0 aromatic carbocycles. The molecule has 2 rings (SSSR count). The number of pyridine rings is 1. The lowest BCUT2D eigenvalue weighted by atomic mass is 10.2. The van der Waals surface area contributed by atoms with E-state index in [1.54, 1.807) is 19.2 Å². The average molecular weight is 264 g/mol. The smallest absolute Gasteiger partial charge is 0.252 e. The molecule has 19 heavy (non-hydrogen) atoms. The standard InChI is InChI=1S/C14H20N2O3/c1-18-13-6-5-12(9-16-13)14(17)15-7-2-8-19-10-11-3-4-11/h5-6,9,11H,2-4,7-8,10H2,1H3,(H,15,17). The third-order valence-corrected chi connectivity index (χ3v) is 3.01. The van der Waals surface area contributed by atoms with Crippen LogP contribution in [0.5, 0.6) is 5.88 Å². The Morgan fingerprint density at radius 1 is 1.47 bits per heavy atom. The average Bonchev–Trinajstić information content (AvgIpc) is 3.26. The Hall–Kier alpha value is -1.62. The van der Waals surface area contributed by atoms with Crippen molar-refractivity contribution in [2.45, 2.75) is 19.3 Å². The molecule has 0 saturated heterocycles. The molecule has 1 aliphatic rings. The summed E-state index contributed by atoms with van der Waals surface area (Å²) >= 11 is 0. The lowest BCUT2D eigenvalue weighted by Gasteiger charge is -2.06. The molecule has 1 fully saturated rings. The van der Waals surface area contributed by atoms with Crippen molar-refractivity contribution >= 4 is 5.91 Å². The van der Waals surface area contributed by atoms with Crippen LogP contribution in [0.15, 0.2) is 18.3 Å². The fraction of sp³-hybridized carbons (Fsp3) is 0.571. The van der Waals surface area contributed by atoms with Crippen LogP contribution in [-0.4, -0.2) is 37.8 Å². The van der Waals surface area contributed by atoms with Gasteiger partial charge in [-0.2, -0.15) is 0 Å². The first-order chi connectivity index (χ1) is 9.29. The first-order valence-corrected chi connectivity index (χ1v) is 6.65. The minimum atomic E-state index is -0.114. The zero-order valence-corrected chi connectivity index (χ0v) is 11.2. The van der Waals surface area contributed by atoms with Crippen LogP contribution >= 0.6 is 0 Å². The van der Waals surface area contributed by atoms with Gasteiger partial charge in [0.15, 0.2) is 0 Å². The molecule has 104 valence electrons. The highest BCUT2D eigenvalue weighted by molar-refractivity contribution is 5.93. The van der Waals surface area contributed by atoms with E-state index in [1.165, 1.54) is 19.0 Å². The predicted molar refractivity (Wildman–Crippen MR) is 71.3 cm³/mol. The van der Waals surface area contributed by atoms with Gasteiger partial charge in [0.1, 0.15) is 0 Å². The highest BCUT2D eigenvalue weighted by Crippen LogP contribution is 2.28. The summed E-state index contributed by atoms with van der Waals surface area (Å²) in [6.07, 6.45) is 4.96. The van der Waals surface area contributed by atoms with E-state index in [9.17, 15) is 4.79 Å². The largest absolute Gasteiger partial charge is 0.481 e. The van der Waals surface area contributed by atoms with Gasteiger partial charge in [-0.15, -0.1) is 0 Å². The molecule has 1 saturated carbocycles. The summed E-state index contributed by atoms with van der Waals surface area (Å²) in [6.45, 7) is 2.20. The molecule has 0 spiro atoms. The molecule has 1 aliphatic carbocycles. The fourth-order valence-corrected chi connectivity index (χ4v) is 1.65. The quantitative estimate of drug-likeness (QED) is 0.725. The third-order valence-electron chi connectivity index (χ3n) is 3.01.